The van der Waals surface area contributed by atoms with Gasteiger partial charge in [-0.05, 0) is 38.1 Å². The molecule has 3 nitrogen and oxygen atoms in total. The first-order valence-electron chi connectivity index (χ1n) is 6.25. The smallest absolute Gasteiger partial charge is 0.301 e. The minimum atomic E-state index is -3.01. The van der Waals surface area contributed by atoms with Gasteiger partial charge in [0.15, 0.2) is 0 Å². The molecule has 0 saturated carbocycles. The Balaban J connectivity index is 2.15. The number of hydrogen-bond donors (Lipinski definition) is 1. The minimum absolute atomic E-state index is 0.636. The molecule has 0 fully saturated rings. The van der Waals surface area contributed by atoms with Crippen LogP contribution in [0, 0.1) is 0 Å². The fourth-order valence-corrected chi connectivity index (χ4v) is 4.55. The zero-order valence-electron chi connectivity index (χ0n) is 11.0. The van der Waals surface area contributed by atoms with Gasteiger partial charge >= 0.3 is 7.37 Å². The third-order valence-electron chi connectivity index (χ3n) is 3.39. The molecule has 0 unspecified atom stereocenters. The van der Waals surface area contributed by atoms with Crippen LogP contribution in [-0.4, -0.2) is 5.28 Å². The summed E-state index contributed by atoms with van der Waals surface area (Å²) < 4.78 is 19.3. The molecule has 3 rings (SSSR count). The highest BCUT2D eigenvalue weighted by Gasteiger charge is 2.48. The lowest BCUT2D eigenvalue weighted by Crippen LogP contribution is -2.40. The first-order chi connectivity index (χ1) is 9.03. The van der Waals surface area contributed by atoms with Crippen molar-refractivity contribution in [1.82, 2.24) is 0 Å². The SMILES string of the molecule is CC1(C)Nc2ccccc2O[P@]1(=O)c1ccccc1. The van der Waals surface area contributed by atoms with Gasteiger partial charge in [0.1, 0.15) is 11.0 Å². The summed E-state index contributed by atoms with van der Waals surface area (Å²) in [5, 5.41) is 3.44. The average Bonchev–Trinajstić information content (AvgIpc) is 2.40. The van der Waals surface area contributed by atoms with E-state index in [2.05, 4.69) is 5.32 Å². The van der Waals surface area contributed by atoms with Gasteiger partial charge in [-0.1, -0.05) is 30.3 Å². The molecule has 0 aromatic heterocycles. The second-order valence-electron chi connectivity index (χ2n) is 5.16. The van der Waals surface area contributed by atoms with Gasteiger partial charge in [0.05, 0.1) is 11.0 Å². The second-order valence-corrected chi connectivity index (χ2v) is 8.08. The molecule has 19 heavy (non-hydrogen) atoms. The van der Waals surface area contributed by atoms with Crippen LogP contribution in [0.3, 0.4) is 0 Å². The van der Waals surface area contributed by atoms with E-state index in [1.165, 1.54) is 0 Å². The monoisotopic (exact) mass is 273 g/mol. The van der Waals surface area contributed by atoms with Crippen LogP contribution in [0.2, 0.25) is 0 Å². The molecule has 0 spiro atoms. The number of benzene rings is 2. The van der Waals surface area contributed by atoms with Crippen LogP contribution in [-0.2, 0) is 4.57 Å². The van der Waals surface area contributed by atoms with Crippen molar-refractivity contribution in [2.24, 2.45) is 0 Å². The fraction of sp³-hybridized carbons (Fsp3) is 0.200. The Morgan fingerprint density at radius 3 is 2.37 bits per heavy atom. The van der Waals surface area contributed by atoms with E-state index in [1.54, 1.807) is 0 Å². The molecular weight excluding hydrogens is 257 g/mol. The van der Waals surface area contributed by atoms with Crippen molar-refractivity contribution in [1.29, 1.82) is 0 Å². The summed E-state index contributed by atoms with van der Waals surface area (Å²) in [7, 11) is -3.01. The molecule has 0 amide bonds. The highest BCUT2D eigenvalue weighted by atomic mass is 31.2. The van der Waals surface area contributed by atoms with Crippen LogP contribution in [0.15, 0.2) is 54.6 Å². The lowest BCUT2D eigenvalue weighted by atomic mass is 10.2. The highest BCUT2D eigenvalue weighted by molar-refractivity contribution is 7.69. The van der Waals surface area contributed by atoms with E-state index in [9.17, 15) is 4.57 Å². The number of hydrogen-bond acceptors (Lipinski definition) is 3. The zero-order chi connectivity index (χ0) is 13.5. The maximum absolute atomic E-state index is 13.4. The molecule has 2 aromatic rings. The standard InChI is InChI=1S/C15H16NO2P/c1-15(2)16-13-10-6-7-11-14(13)18-19(15,17)12-8-4-3-5-9-12/h3-11,16H,1-2H3/t19-/m1/s1. The Labute approximate surface area is 113 Å². The van der Waals surface area contributed by atoms with E-state index in [0.29, 0.717) is 5.75 Å². The second kappa shape index (κ2) is 4.14. The van der Waals surface area contributed by atoms with Gasteiger partial charge in [0, 0.05) is 0 Å². The third-order valence-corrected chi connectivity index (χ3v) is 6.40. The fourth-order valence-electron chi connectivity index (χ4n) is 2.30. The Morgan fingerprint density at radius 1 is 1.00 bits per heavy atom. The predicted molar refractivity (Wildman–Crippen MR) is 78.5 cm³/mol. The van der Waals surface area contributed by atoms with Crippen molar-refractivity contribution < 1.29 is 9.09 Å². The number of anilines is 1. The summed E-state index contributed by atoms with van der Waals surface area (Å²) in [6, 6.07) is 17.0. The Bertz CT molecular complexity index is 652. The lowest BCUT2D eigenvalue weighted by molar-refractivity contribution is 0.454. The Hall–Kier alpha value is -1.73. The van der Waals surface area contributed by atoms with E-state index in [-0.39, 0.29) is 0 Å². The van der Waals surface area contributed by atoms with Crippen LogP contribution >= 0.6 is 7.37 Å². The largest absolute Gasteiger partial charge is 0.436 e. The molecule has 1 aliphatic heterocycles. The van der Waals surface area contributed by atoms with E-state index in [1.807, 2.05) is 68.4 Å². The molecule has 0 aliphatic carbocycles. The predicted octanol–water partition coefficient (Wildman–Crippen LogP) is 3.83. The van der Waals surface area contributed by atoms with Gasteiger partial charge in [-0.2, -0.15) is 0 Å². The topological polar surface area (TPSA) is 38.3 Å². The average molecular weight is 273 g/mol. The highest BCUT2D eigenvalue weighted by Crippen LogP contribution is 2.61. The van der Waals surface area contributed by atoms with E-state index < -0.39 is 12.6 Å². The number of nitrogens with one attached hydrogen (secondary N) is 1. The van der Waals surface area contributed by atoms with Crippen molar-refractivity contribution in [3.63, 3.8) is 0 Å². The molecular formula is C15H16NO2P. The molecule has 1 aliphatic rings. The molecule has 0 radical (unpaired) electrons. The summed E-state index contributed by atoms with van der Waals surface area (Å²) in [6.07, 6.45) is 0. The van der Waals surface area contributed by atoms with Gasteiger partial charge < -0.3 is 9.84 Å². The van der Waals surface area contributed by atoms with Gasteiger partial charge in [-0.3, -0.25) is 4.57 Å². The maximum Gasteiger partial charge on any atom is 0.301 e. The van der Waals surface area contributed by atoms with E-state index >= 15 is 0 Å². The number of fused-ring (bicyclic) bond motifs is 1. The maximum atomic E-state index is 13.4. The summed E-state index contributed by atoms with van der Waals surface area (Å²) in [5.41, 5.74) is 0.884. The van der Waals surface area contributed by atoms with Crippen LogP contribution in [0.25, 0.3) is 0 Å². The van der Waals surface area contributed by atoms with Crippen molar-refractivity contribution in [3.8, 4) is 5.75 Å². The van der Waals surface area contributed by atoms with E-state index in [4.69, 9.17) is 4.52 Å². The van der Waals surface area contributed by atoms with Crippen LogP contribution in [0.1, 0.15) is 13.8 Å². The first kappa shape index (κ1) is 12.3. The zero-order valence-corrected chi connectivity index (χ0v) is 11.9. The van der Waals surface area contributed by atoms with Gasteiger partial charge in [0.2, 0.25) is 0 Å². The van der Waals surface area contributed by atoms with Crippen molar-refractivity contribution >= 4 is 18.4 Å². The lowest BCUT2D eigenvalue weighted by Gasteiger charge is -2.40. The van der Waals surface area contributed by atoms with Crippen molar-refractivity contribution in [2.75, 3.05) is 5.32 Å². The van der Waals surface area contributed by atoms with E-state index in [0.717, 1.165) is 11.0 Å². The quantitative estimate of drug-likeness (QED) is 0.802. The Kier molecular flexibility index (Phi) is 2.68. The number of para-hydroxylation sites is 2. The molecule has 98 valence electrons. The van der Waals surface area contributed by atoms with Gasteiger partial charge in [-0.15, -0.1) is 0 Å². The molecule has 1 N–H and O–H groups in total. The molecule has 1 heterocycles. The van der Waals surface area contributed by atoms with Crippen LogP contribution in [0.5, 0.6) is 5.75 Å². The van der Waals surface area contributed by atoms with Crippen LogP contribution < -0.4 is 15.1 Å². The van der Waals surface area contributed by atoms with Gasteiger partial charge in [0.25, 0.3) is 0 Å². The summed E-state index contributed by atoms with van der Waals surface area (Å²) in [4.78, 5) is 0. The van der Waals surface area contributed by atoms with Crippen molar-refractivity contribution in [2.45, 2.75) is 19.1 Å². The molecule has 0 saturated heterocycles. The molecule has 2 aromatic carbocycles. The minimum Gasteiger partial charge on any atom is -0.436 e. The first-order valence-corrected chi connectivity index (χ1v) is 7.88. The normalized spacial score (nSPS) is 23.9. The summed E-state index contributed by atoms with van der Waals surface area (Å²) in [6.45, 7) is 3.83. The summed E-state index contributed by atoms with van der Waals surface area (Å²) in [5.74, 6) is 0.647. The number of rotatable bonds is 1. The molecule has 4 heteroatoms. The Morgan fingerprint density at radius 2 is 1.63 bits per heavy atom. The molecule has 0 bridgehead atoms. The molecule has 1 atom stereocenters. The van der Waals surface area contributed by atoms with Gasteiger partial charge in [-0.25, -0.2) is 0 Å². The van der Waals surface area contributed by atoms with Crippen LogP contribution in [0.4, 0.5) is 5.69 Å². The van der Waals surface area contributed by atoms with Crippen molar-refractivity contribution in [3.05, 3.63) is 54.6 Å². The summed E-state index contributed by atoms with van der Waals surface area (Å²) >= 11 is 0. The third kappa shape index (κ3) is 1.85.